The van der Waals surface area contributed by atoms with E-state index in [-0.39, 0.29) is 17.8 Å². The Hall–Kier alpha value is -3.94. The predicted molar refractivity (Wildman–Crippen MR) is 117 cm³/mol. The monoisotopic (exact) mass is 430 g/mol. The fraction of sp³-hybridized carbons (Fsp3) is 0.250. The van der Waals surface area contributed by atoms with Crippen LogP contribution in [-0.2, 0) is 10.2 Å². The lowest BCUT2D eigenvalue weighted by Gasteiger charge is -2.34. The van der Waals surface area contributed by atoms with Gasteiger partial charge in [-0.2, -0.15) is 0 Å². The van der Waals surface area contributed by atoms with E-state index in [0.29, 0.717) is 24.3 Å². The quantitative estimate of drug-likeness (QED) is 0.684. The van der Waals surface area contributed by atoms with Gasteiger partial charge in [-0.1, -0.05) is 30.3 Å². The van der Waals surface area contributed by atoms with Crippen molar-refractivity contribution in [3.8, 4) is 11.8 Å². The lowest BCUT2D eigenvalue weighted by molar-refractivity contribution is -0.121. The number of aromatic nitrogens is 2. The SMILES string of the molecule is COc1cccc([C@@H]2N(C(=O)c3cnc(OC)nc3)CC[C@]23C(=O)Nc2ccccc23)c1. The Balaban J connectivity index is 1.64. The maximum Gasteiger partial charge on any atom is 0.316 e. The number of fused-ring (bicyclic) bond motifs is 2. The van der Waals surface area contributed by atoms with Crippen LogP contribution in [-0.4, -0.2) is 47.4 Å². The van der Waals surface area contributed by atoms with Crippen LogP contribution in [0.5, 0.6) is 11.8 Å². The van der Waals surface area contributed by atoms with Crippen molar-refractivity contribution < 1.29 is 19.1 Å². The van der Waals surface area contributed by atoms with E-state index < -0.39 is 11.5 Å². The molecule has 162 valence electrons. The van der Waals surface area contributed by atoms with Crippen LogP contribution in [0.15, 0.2) is 60.9 Å². The van der Waals surface area contributed by atoms with Crippen LogP contribution in [0.25, 0.3) is 0 Å². The zero-order valence-electron chi connectivity index (χ0n) is 17.7. The standard InChI is InChI=1S/C24H22N4O4/c1-31-17-7-5-6-15(12-17)20-24(18-8-3-4-9-19(18)27-22(24)30)10-11-28(20)21(29)16-13-25-23(32-2)26-14-16/h3-9,12-14,20H,10-11H2,1-2H3,(H,27,30)/t20-,24+/m0/s1. The Morgan fingerprint density at radius 2 is 1.88 bits per heavy atom. The second-order valence-corrected chi connectivity index (χ2v) is 7.86. The van der Waals surface area contributed by atoms with E-state index in [1.165, 1.54) is 19.5 Å². The minimum Gasteiger partial charge on any atom is -0.497 e. The number of anilines is 1. The highest BCUT2D eigenvalue weighted by molar-refractivity contribution is 6.08. The van der Waals surface area contributed by atoms with Crippen LogP contribution in [0.3, 0.4) is 0 Å². The number of carbonyl (C=O) groups excluding carboxylic acids is 2. The highest BCUT2D eigenvalue weighted by atomic mass is 16.5. The summed E-state index contributed by atoms with van der Waals surface area (Å²) >= 11 is 0. The molecule has 2 atom stereocenters. The van der Waals surface area contributed by atoms with Crippen molar-refractivity contribution in [1.82, 2.24) is 14.9 Å². The maximum atomic E-state index is 13.6. The van der Waals surface area contributed by atoms with Crippen molar-refractivity contribution in [2.45, 2.75) is 17.9 Å². The summed E-state index contributed by atoms with van der Waals surface area (Å²) in [6.45, 7) is 0.411. The van der Waals surface area contributed by atoms with Crippen LogP contribution in [0.1, 0.15) is 33.9 Å². The summed E-state index contributed by atoms with van der Waals surface area (Å²) in [7, 11) is 3.06. The van der Waals surface area contributed by atoms with Crippen LogP contribution in [0.4, 0.5) is 5.69 Å². The molecule has 8 heteroatoms. The molecule has 8 nitrogen and oxygen atoms in total. The molecule has 0 unspecified atom stereocenters. The number of methoxy groups -OCH3 is 2. The van der Waals surface area contributed by atoms with Gasteiger partial charge in [0.05, 0.1) is 25.8 Å². The van der Waals surface area contributed by atoms with Crippen LogP contribution < -0.4 is 14.8 Å². The number of hydrogen-bond acceptors (Lipinski definition) is 6. The normalized spacial score (nSPS) is 21.4. The molecule has 0 radical (unpaired) electrons. The van der Waals surface area contributed by atoms with E-state index in [1.54, 1.807) is 12.0 Å². The fourth-order valence-electron chi connectivity index (χ4n) is 4.88. The van der Waals surface area contributed by atoms with E-state index in [0.717, 1.165) is 16.8 Å². The molecular formula is C24H22N4O4. The molecule has 0 saturated carbocycles. The highest BCUT2D eigenvalue weighted by Gasteiger charge is 2.59. The van der Waals surface area contributed by atoms with Gasteiger partial charge in [0.25, 0.3) is 5.91 Å². The third-order valence-corrected chi connectivity index (χ3v) is 6.31. The summed E-state index contributed by atoms with van der Waals surface area (Å²) in [5, 5.41) is 3.02. The van der Waals surface area contributed by atoms with Gasteiger partial charge in [-0.05, 0) is 35.7 Å². The van der Waals surface area contributed by atoms with Crippen molar-refractivity contribution in [3.63, 3.8) is 0 Å². The number of nitrogens with zero attached hydrogens (tertiary/aromatic N) is 3. The van der Waals surface area contributed by atoms with Crippen molar-refractivity contribution >= 4 is 17.5 Å². The summed E-state index contributed by atoms with van der Waals surface area (Å²) in [6.07, 6.45) is 3.40. The van der Waals surface area contributed by atoms with Gasteiger partial charge in [0, 0.05) is 24.6 Å². The van der Waals surface area contributed by atoms with Gasteiger partial charge in [-0.15, -0.1) is 0 Å². The number of nitrogens with one attached hydrogen (secondary N) is 1. The summed E-state index contributed by atoms with van der Waals surface area (Å²) in [4.78, 5) is 36.9. The van der Waals surface area contributed by atoms with Crippen molar-refractivity contribution in [2.24, 2.45) is 0 Å². The van der Waals surface area contributed by atoms with Gasteiger partial charge < -0.3 is 19.7 Å². The molecule has 3 aromatic rings. The molecule has 5 rings (SSSR count). The molecule has 2 aromatic carbocycles. The number of ether oxygens (including phenoxy) is 2. The lowest BCUT2D eigenvalue weighted by Crippen LogP contribution is -2.42. The summed E-state index contributed by atoms with van der Waals surface area (Å²) in [5.41, 5.74) is 1.96. The van der Waals surface area contributed by atoms with E-state index in [4.69, 9.17) is 9.47 Å². The number of para-hydroxylation sites is 1. The molecule has 0 aliphatic carbocycles. The molecule has 2 amide bonds. The smallest absolute Gasteiger partial charge is 0.316 e. The lowest BCUT2D eigenvalue weighted by atomic mass is 9.72. The maximum absolute atomic E-state index is 13.6. The Labute approximate surface area is 185 Å². The number of carbonyl (C=O) groups is 2. The molecule has 1 aromatic heterocycles. The van der Waals surface area contributed by atoms with Crippen LogP contribution in [0, 0.1) is 0 Å². The van der Waals surface area contributed by atoms with Crippen molar-refractivity contribution in [3.05, 3.63) is 77.6 Å². The number of hydrogen-bond donors (Lipinski definition) is 1. The number of rotatable bonds is 4. The van der Waals surface area contributed by atoms with Crippen molar-refractivity contribution in [1.29, 1.82) is 0 Å². The van der Waals surface area contributed by atoms with E-state index in [2.05, 4.69) is 15.3 Å². The third-order valence-electron chi connectivity index (χ3n) is 6.31. The summed E-state index contributed by atoms with van der Waals surface area (Å²) in [6, 6.07) is 14.9. The van der Waals surface area contributed by atoms with Crippen LogP contribution >= 0.6 is 0 Å². The molecule has 0 bridgehead atoms. The van der Waals surface area contributed by atoms with Gasteiger partial charge in [-0.3, -0.25) is 9.59 Å². The first-order chi connectivity index (χ1) is 15.6. The number of likely N-dealkylation sites (tertiary alicyclic amines) is 1. The molecule has 1 fully saturated rings. The molecule has 2 aliphatic heterocycles. The predicted octanol–water partition coefficient (Wildman–Crippen LogP) is 2.97. The third kappa shape index (κ3) is 2.90. The fourth-order valence-corrected chi connectivity index (χ4v) is 4.88. The average Bonchev–Trinajstić information content (AvgIpc) is 3.38. The minimum absolute atomic E-state index is 0.104. The summed E-state index contributed by atoms with van der Waals surface area (Å²) in [5.74, 6) is 0.318. The summed E-state index contributed by atoms with van der Waals surface area (Å²) < 4.78 is 10.4. The van der Waals surface area contributed by atoms with Crippen molar-refractivity contribution in [2.75, 3.05) is 26.1 Å². The zero-order chi connectivity index (χ0) is 22.3. The Morgan fingerprint density at radius 1 is 1.09 bits per heavy atom. The largest absolute Gasteiger partial charge is 0.497 e. The van der Waals surface area contributed by atoms with E-state index >= 15 is 0 Å². The molecule has 1 N–H and O–H groups in total. The second kappa shape index (κ2) is 7.64. The van der Waals surface area contributed by atoms with Gasteiger partial charge in [0.2, 0.25) is 5.91 Å². The first kappa shape index (κ1) is 20.0. The number of amides is 2. The van der Waals surface area contributed by atoms with Gasteiger partial charge in [0.1, 0.15) is 11.2 Å². The van der Waals surface area contributed by atoms with Gasteiger partial charge >= 0.3 is 6.01 Å². The van der Waals surface area contributed by atoms with Crippen LogP contribution in [0.2, 0.25) is 0 Å². The average molecular weight is 430 g/mol. The Bertz CT molecular complexity index is 1200. The van der Waals surface area contributed by atoms with Gasteiger partial charge in [0.15, 0.2) is 0 Å². The Kier molecular flexibility index (Phi) is 4.77. The first-order valence-electron chi connectivity index (χ1n) is 10.3. The Morgan fingerprint density at radius 3 is 2.62 bits per heavy atom. The van der Waals surface area contributed by atoms with E-state index in [9.17, 15) is 9.59 Å². The van der Waals surface area contributed by atoms with Gasteiger partial charge in [-0.25, -0.2) is 9.97 Å². The zero-order valence-corrected chi connectivity index (χ0v) is 17.7. The molecule has 2 aliphatic rings. The van der Waals surface area contributed by atoms with E-state index in [1.807, 2.05) is 48.5 Å². The minimum atomic E-state index is -0.897. The second-order valence-electron chi connectivity index (χ2n) is 7.86. The topological polar surface area (TPSA) is 93.7 Å². The molecule has 1 saturated heterocycles. The molecular weight excluding hydrogens is 408 g/mol. The molecule has 3 heterocycles. The molecule has 32 heavy (non-hydrogen) atoms. The highest BCUT2D eigenvalue weighted by Crippen LogP contribution is 2.55. The molecule has 1 spiro atoms. The first-order valence-corrected chi connectivity index (χ1v) is 10.3. The number of benzene rings is 2.